The first kappa shape index (κ1) is 13.0. The molecule has 90 valence electrons. The van der Waals surface area contributed by atoms with Crippen LogP contribution in [0.5, 0.6) is 0 Å². The van der Waals surface area contributed by atoms with Crippen LogP contribution in [0.1, 0.15) is 20.8 Å². The molecule has 1 heterocycles. The van der Waals surface area contributed by atoms with Crippen LogP contribution in [0.4, 0.5) is 0 Å². The molecule has 0 aliphatic carbocycles. The van der Waals surface area contributed by atoms with E-state index in [2.05, 4.69) is 21.5 Å². The van der Waals surface area contributed by atoms with Crippen molar-refractivity contribution in [2.24, 2.45) is 0 Å². The molecule has 1 fully saturated rings. The maximum absolute atomic E-state index is 11.9. The number of carbonyl (C=O) groups excluding carboxylic acids is 1. The molecule has 1 amide bonds. The van der Waals surface area contributed by atoms with Crippen LogP contribution < -0.4 is 10.6 Å². The number of nitrogens with zero attached hydrogens (tertiary/aromatic N) is 1. The van der Waals surface area contributed by atoms with Gasteiger partial charge in [0.15, 0.2) is 0 Å². The Morgan fingerprint density at radius 1 is 1.50 bits per heavy atom. The molecule has 0 aromatic carbocycles. The Labute approximate surface area is 97.8 Å². The normalized spacial score (nSPS) is 19.9. The van der Waals surface area contributed by atoms with E-state index < -0.39 is 5.54 Å². The molecule has 0 saturated carbocycles. The van der Waals surface area contributed by atoms with E-state index in [-0.39, 0.29) is 11.9 Å². The first-order valence-corrected chi connectivity index (χ1v) is 5.71. The molecule has 1 unspecified atom stereocenters. The van der Waals surface area contributed by atoms with Crippen molar-refractivity contribution in [3.05, 3.63) is 0 Å². The Morgan fingerprint density at radius 3 is 2.56 bits per heavy atom. The molecule has 0 spiro atoms. The lowest BCUT2D eigenvalue weighted by atomic mass is 10.1. The lowest BCUT2D eigenvalue weighted by molar-refractivity contribution is -0.127. The van der Waals surface area contributed by atoms with Crippen LogP contribution in [0.15, 0.2) is 0 Å². The Hall–Kier alpha value is -1.05. The van der Waals surface area contributed by atoms with Gasteiger partial charge in [-0.2, -0.15) is 0 Å². The average molecular weight is 223 g/mol. The quantitative estimate of drug-likeness (QED) is 0.652. The van der Waals surface area contributed by atoms with Gasteiger partial charge in [0.05, 0.1) is 11.6 Å². The molecule has 1 aliphatic heterocycles. The van der Waals surface area contributed by atoms with Gasteiger partial charge in [0.1, 0.15) is 0 Å². The highest BCUT2D eigenvalue weighted by molar-refractivity contribution is 5.82. The van der Waals surface area contributed by atoms with E-state index in [9.17, 15) is 4.79 Å². The Kier molecular flexibility index (Phi) is 4.34. The van der Waals surface area contributed by atoms with Crippen molar-refractivity contribution in [3.63, 3.8) is 0 Å². The highest BCUT2D eigenvalue weighted by Gasteiger charge is 2.26. The first-order valence-electron chi connectivity index (χ1n) is 5.71. The van der Waals surface area contributed by atoms with Crippen LogP contribution in [0.25, 0.3) is 0 Å². The van der Waals surface area contributed by atoms with Gasteiger partial charge >= 0.3 is 0 Å². The van der Waals surface area contributed by atoms with Crippen molar-refractivity contribution in [1.29, 1.82) is 0 Å². The number of rotatable bonds is 3. The Bertz CT molecular complexity index is 287. The largest absolute Gasteiger partial charge is 0.339 e. The van der Waals surface area contributed by atoms with Crippen LogP contribution in [0, 0.1) is 12.3 Å². The molecular formula is C12H21N3O. The second kappa shape index (κ2) is 5.33. The summed E-state index contributed by atoms with van der Waals surface area (Å²) >= 11 is 0. The third-order valence-electron chi connectivity index (χ3n) is 2.88. The van der Waals surface area contributed by atoms with Gasteiger partial charge in [-0.05, 0) is 20.8 Å². The van der Waals surface area contributed by atoms with Crippen molar-refractivity contribution in [2.75, 3.05) is 26.2 Å². The van der Waals surface area contributed by atoms with Gasteiger partial charge in [0.2, 0.25) is 5.91 Å². The van der Waals surface area contributed by atoms with Gasteiger partial charge in [-0.1, -0.05) is 5.92 Å². The standard InChI is InChI=1S/C12H21N3O/c1-5-12(3,4)14-11(16)10(2)15-8-6-13-7-9-15/h1,10,13H,6-9H2,2-4H3,(H,14,16). The molecule has 1 atom stereocenters. The number of hydrogen-bond donors (Lipinski definition) is 2. The van der Waals surface area contributed by atoms with Crippen molar-refractivity contribution in [3.8, 4) is 12.3 Å². The number of terminal acetylenes is 1. The summed E-state index contributed by atoms with van der Waals surface area (Å²) in [7, 11) is 0. The van der Waals surface area contributed by atoms with Gasteiger partial charge in [0, 0.05) is 26.2 Å². The van der Waals surface area contributed by atoms with Crippen molar-refractivity contribution in [2.45, 2.75) is 32.4 Å². The molecule has 0 aromatic rings. The summed E-state index contributed by atoms with van der Waals surface area (Å²) in [5.74, 6) is 2.57. The second-order valence-electron chi connectivity index (χ2n) is 4.72. The summed E-state index contributed by atoms with van der Waals surface area (Å²) in [5.41, 5.74) is -0.570. The van der Waals surface area contributed by atoms with Gasteiger partial charge in [-0.25, -0.2) is 0 Å². The lowest BCUT2D eigenvalue weighted by Crippen LogP contribution is -2.55. The van der Waals surface area contributed by atoms with E-state index in [1.54, 1.807) is 0 Å². The van der Waals surface area contributed by atoms with Gasteiger partial charge in [0.25, 0.3) is 0 Å². The number of amides is 1. The van der Waals surface area contributed by atoms with E-state index in [4.69, 9.17) is 6.42 Å². The van der Waals surface area contributed by atoms with Gasteiger partial charge in [-0.3, -0.25) is 9.69 Å². The molecule has 0 radical (unpaired) electrons. The molecule has 1 aliphatic rings. The van der Waals surface area contributed by atoms with Gasteiger partial charge in [-0.15, -0.1) is 6.42 Å². The van der Waals surface area contributed by atoms with Crippen molar-refractivity contribution in [1.82, 2.24) is 15.5 Å². The number of hydrogen-bond acceptors (Lipinski definition) is 3. The zero-order valence-electron chi connectivity index (χ0n) is 10.3. The highest BCUT2D eigenvalue weighted by Crippen LogP contribution is 2.05. The Balaban J connectivity index is 2.50. The predicted octanol–water partition coefficient (Wildman–Crippen LogP) is -0.192. The minimum absolute atomic E-state index is 0.00449. The fourth-order valence-electron chi connectivity index (χ4n) is 1.68. The molecule has 4 nitrogen and oxygen atoms in total. The molecule has 0 aromatic heterocycles. The second-order valence-corrected chi connectivity index (χ2v) is 4.72. The monoisotopic (exact) mass is 223 g/mol. The van der Waals surface area contributed by atoms with E-state index in [0.717, 1.165) is 26.2 Å². The maximum atomic E-state index is 11.9. The van der Waals surface area contributed by atoms with Crippen LogP contribution >= 0.6 is 0 Å². The van der Waals surface area contributed by atoms with Crippen LogP contribution in [0.2, 0.25) is 0 Å². The number of carbonyl (C=O) groups is 1. The van der Waals surface area contributed by atoms with Crippen LogP contribution in [0.3, 0.4) is 0 Å². The zero-order chi connectivity index (χ0) is 12.2. The number of nitrogens with one attached hydrogen (secondary N) is 2. The molecule has 0 bridgehead atoms. The minimum Gasteiger partial charge on any atom is -0.339 e. The minimum atomic E-state index is -0.570. The third kappa shape index (κ3) is 3.51. The summed E-state index contributed by atoms with van der Waals surface area (Å²) in [5, 5.41) is 6.13. The summed E-state index contributed by atoms with van der Waals surface area (Å²) in [6, 6.07) is -0.116. The summed E-state index contributed by atoms with van der Waals surface area (Å²) in [6.07, 6.45) is 5.34. The smallest absolute Gasteiger partial charge is 0.238 e. The number of piperazine rings is 1. The van der Waals surface area contributed by atoms with E-state index in [1.807, 2.05) is 20.8 Å². The van der Waals surface area contributed by atoms with Crippen LogP contribution in [-0.4, -0.2) is 48.6 Å². The average Bonchev–Trinajstić information content (AvgIpc) is 2.28. The zero-order valence-corrected chi connectivity index (χ0v) is 10.3. The highest BCUT2D eigenvalue weighted by atomic mass is 16.2. The Morgan fingerprint density at radius 2 is 2.06 bits per heavy atom. The van der Waals surface area contributed by atoms with E-state index in [0.29, 0.717) is 0 Å². The molecular weight excluding hydrogens is 202 g/mol. The van der Waals surface area contributed by atoms with E-state index >= 15 is 0 Å². The molecule has 2 N–H and O–H groups in total. The fourth-order valence-corrected chi connectivity index (χ4v) is 1.68. The fraction of sp³-hybridized carbons (Fsp3) is 0.750. The molecule has 4 heteroatoms. The first-order chi connectivity index (χ1) is 7.46. The molecule has 16 heavy (non-hydrogen) atoms. The predicted molar refractivity (Wildman–Crippen MR) is 65.0 cm³/mol. The van der Waals surface area contributed by atoms with Gasteiger partial charge < -0.3 is 10.6 Å². The molecule has 1 saturated heterocycles. The topological polar surface area (TPSA) is 44.4 Å². The third-order valence-corrected chi connectivity index (χ3v) is 2.88. The van der Waals surface area contributed by atoms with Crippen molar-refractivity contribution >= 4 is 5.91 Å². The maximum Gasteiger partial charge on any atom is 0.238 e. The summed E-state index contributed by atoms with van der Waals surface area (Å²) in [4.78, 5) is 14.1. The summed E-state index contributed by atoms with van der Waals surface area (Å²) < 4.78 is 0. The van der Waals surface area contributed by atoms with E-state index in [1.165, 1.54) is 0 Å². The SMILES string of the molecule is C#CC(C)(C)NC(=O)C(C)N1CCNCC1. The summed E-state index contributed by atoms with van der Waals surface area (Å²) in [6.45, 7) is 9.28. The lowest BCUT2D eigenvalue weighted by Gasteiger charge is -2.33. The molecule has 1 rings (SSSR count). The van der Waals surface area contributed by atoms with Crippen molar-refractivity contribution < 1.29 is 4.79 Å². The van der Waals surface area contributed by atoms with Crippen LogP contribution in [-0.2, 0) is 4.79 Å².